The number of thiazole rings is 1. The van der Waals surface area contributed by atoms with E-state index in [0.29, 0.717) is 18.0 Å². The summed E-state index contributed by atoms with van der Waals surface area (Å²) in [5, 5.41) is 14.6. The van der Waals surface area contributed by atoms with Crippen LogP contribution in [0.25, 0.3) is 10.4 Å². The van der Waals surface area contributed by atoms with Crippen LogP contribution in [0.2, 0.25) is 0 Å². The molecule has 3 heterocycles. The quantitative estimate of drug-likeness (QED) is 0.573. The number of hydrogen-bond acceptors (Lipinski definition) is 5. The van der Waals surface area contributed by atoms with Crippen LogP contribution in [0.1, 0.15) is 32.4 Å². The number of carbonyl (C=O) groups is 1. The lowest BCUT2D eigenvalue weighted by atomic mass is 9.78. The zero-order valence-corrected chi connectivity index (χ0v) is 19.6. The first-order valence-electron chi connectivity index (χ1n) is 11.0. The zero-order valence-electron chi connectivity index (χ0n) is 18.7. The normalized spacial score (nSPS) is 23.2. The van der Waals surface area contributed by atoms with Gasteiger partial charge in [0.15, 0.2) is 5.92 Å². The first kappa shape index (κ1) is 20.8. The van der Waals surface area contributed by atoms with E-state index in [9.17, 15) is 9.90 Å². The number of carbonyl (C=O) groups excluding carboxylic acids is 1. The molecule has 5 rings (SSSR count). The fourth-order valence-corrected chi connectivity index (χ4v) is 6.29. The molecule has 0 fully saturated rings. The highest BCUT2D eigenvalue weighted by Gasteiger charge is 2.64. The van der Waals surface area contributed by atoms with Crippen molar-refractivity contribution in [3.05, 3.63) is 60.2 Å². The van der Waals surface area contributed by atoms with Crippen molar-refractivity contribution in [2.75, 3.05) is 25.0 Å². The number of fused-ring (bicyclic) bond motifs is 6. The van der Waals surface area contributed by atoms with Crippen LogP contribution in [0.3, 0.4) is 0 Å². The second kappa shape index (κ2) is 7.52. The maximum Gasteiger partial charge on any atom is 0.339 e. The van der Waals surface area contributed by atoms with Gasteiger partial charge >= 0.3 is 5.13 Å². The van der Waals surface area contributed by atoms with Crippen LogP contribution >= 0.6 is 11.3 Å². The predicted molar refractivity (Wildman–Crippen MR) is 123 cm³/mol. The van der Waals surface area contributed by atoms with Crippen molar-refractivity contribution in [3.63, 3.8) is 0 Å². The summed E-state index contributed by atoms with van der Waals surface area (Å²) in [5.41, 5.74) is 0.854. The first-order valence-corrected chi connectivity index (χ1v) is 11.8. The molecule has 7 heteroatoms. The van der Waals surface area contributed by atoms with Crippen molar-refractivity contribution >= 4 is 22.4 Å². The summed E-state index contributed by atoms with van der Waals surface area (Å²) in [6, 6.07) is 17.1. The lowest BCUT2D eigenvalue weighted by Gasteiger charge is -2.50. The van der Waals surface area contributed by atoms with Gasteiger partial charge in [-0.25, -0.2) is 9.47 Å². The third-order valence-electron chi connectivity index (χ3n) is 6.87. The van der Waals surface area contributed by atoms with Crippen molar-refractivity contribution in [2.45, 2.75) is 32.5 Å². The second-order valence-electron chi connectivity index (χ2n) is 8.44. The average Bonchev–Trinajstić information content (AvgIpc) is 3.15. The molecule has 6 nitrogen and oxygen atoms in total. The van der Waals surface area contributed by atoms with Gasteiger partial charge in [0.05, 0.1) is 17.8 Å². The van der Waals surface area contributed by atoms with Gasteiger partial charge in [-0.2, -0.15) is 0 Å². The summed E-state index contributed by atoms with van der Waals surface area (Å²) >= 11 is 1.46. The van der Waals surface area contributed by atoms with Crippen molar-refractivity contribution in [2.24, 2.45) is 5.92 Å². The van der Waals surface area contributed by atoms with Crippen LogP contribution in [0, 0.1) is 5.92 Å². The Bertz CT molecular complexity index is 1170. The van der Waals surface area contributed by atoms with Crippen LogP contribution < -0.4 is 19.3 Å². The first-order chi connectivity index (χ1) is 15.4. The molecule has 2 bridgehead atoms. The Morgan fingerprint density at radius 2 is 1.81 bits per heavy atom. The van der Waals surface area contributed by atoms with Crippen LogP contribution in [0.4, 0.5) is 5.13 Å². The Hall–Kier alpha value is -3.06. The molecule has 0 spiro atoms. The van der Waals surface area contributed by atoms with E-state index in [4.69, 9.17) is 4.74 Å². The van der Waals surface area contributed by atoms with Gasteiger partial charge in [-0.15, -0.1) is 0 Å². The number of benzene rings is 2. The second-order valence-corrected chi connectivity index (χ2v) is 9.42. The molecular weight excluding hydrogens is 422 g/mol. The molecule has 0 radical (unpaired) electrons. The Morgan fingerprint density at radius 3 is 2.50 bits per heavy atom. The van der Waals surface area contributed by atoms with Gasteiger partial charge in [-0.3, -0.25) is 4.79 Å². The standard InChI is InChI=1S/C25H27N3O3S/c1-5-27(6-2)22(29)19-20-17-14-10-11-15-18(17)31-25(19,3)26(4)24-28(20)23(30)21(32-24)16-12-8-7-9-13-16/h7-15,19-20H,5-6H2,1-4H3. The minimum Gasteiger partial charge on any atom is -0.841 e. The molecule has 2 aromatic carbocycles. The maximum atomic E-state index is 13.8. The summed E-state index contributed by atoms with van der Waals surface area (Å²) in [6.45, 7) is 7.16. The number of anilines is 1. The largest absolute Gasteiger partial charge is 0.841 e. The van der Waals surface area contributed by atoms with E-state index in [-0.39, 0.29) is 11.8 Å². The van der Waals surface area contributed by atoms with Crippen molar-refractivity contribution in [1.82, 2.24) is 4.90 Å². The molecule has 2 aliphatic rings. The number of hydrogen-bond donors (Lipinski definition) is 0. The molecule has 2 aliphatic heterocycles. The van der Waals surface area contributed by atoms with E-state index >= 15 is 0 Å². The number of amides is 1. The zero-order chi connectivity index (χ0) is 22.6. The number of aromatic nitrogens is 1. The van der Waals surface area contributed by atoms with Gasteiger partial charge < -0.3 is 14.7 Å². The molecule has 32 heavy (non-hydrogen) atoms. The minimum absolute atomic E-state index is 0.00821. The van der Waals surface area contributed by atoms with Crippen molar-refractivity contribution in [1.29, 1.82) is 0 Å². The van der Waals surface area contributed by atoms with Gasteiger partial charge in [-0.1, -0.05) is 48.5 Å². The monoisotopic (exact) mass is 449 g/mol. The van der Waals surface area contributed by atoms with E-state index in [1.807, 2.05) is 96.8 Å². The fraction of sp³-hybridized carbons (Fsp3) is 0.360. The smallest absolute Gasteiger partial charge is 0.339 e. The summed E-state index contributed by atoms with van der Waals surface area (Å²) < 4.78 is 8.38. The summed E-state index contributed by atoms with van der Waals surface area (Å²) in [4.78, 5) is 18.3. The van der Waals surface area contributed by atoms with Gasteiger partial charge in [0, 0.05) is 25.6 Å². The van der Waals surface area contributed by atoms with Crippen molar-refractivity contribution in [3.8, 4) is 22.1 Å². The van der Waals surface area contributed by atoms with Crippen LogP contribution in [-0.4, -0.2) is 36.7 Å². The summed E-state index contributed by atoms with van der Waals surface area (Å²) in [7, 11) is 1.92. The number of rotatable bonds is 4. The third-order valence-corrected chi connectivity index (χ3v) is 8.14. The lowest BCUT2D eigenvalue weighted by molar-refractivity contribution is -0.747. The molecule has 1 amide bonds. The van der Waals surface area contributed by atoms with E-state index in [0.717, 1.165) is 22.0 Å². The number of ether oxygens (including phenoxy) is 1. The molecule has 0 aliphatic carbocycles. The molecule has 0 N–H and O–H groups in total. The molecule has 0 saturated heterocycles. The van der Waals surface area contributed by atoms with E-state index in [2.05, 4.69) is 0 Å². The highest BCUT2D eigenvalue weighted by Crippen LogP contribution is 2.53. The topological polar surface area (TPSA) is 59.7 Å². The highest BCUT2D eigenvalue weighted by molar-refractivity contribution is 7.18. The third kappa shape index (κ3) is 2.77. The van der Waals surface area contributed by atoms with Crippen molar-refractivity contribution < 1.29 is 19.2 Å². The Labute approximate surface area is 192 Å². The Kier molecular flexibility index (Phi) is 4.89. The lowest BCUT2D eigenvalue weighted by Crippen LogP contribution is -2.72. The highest BCUT2D eigenvalue weighted by atomic mass is 32.1. The van der Waals surface area contributed by atoms with Gasteiger partial charge in [0.25, 0.3) is 5.72 Å². The van der Waals surface area contributed by atoms with E-state index in [1.165, 1.54) is 11.3 Å². The van der Waals surface area contributed by atoms with Gasteiger partial charge in [-0.05, 0) is 36.8 Å². The molecule has 3 aromatic rings. The molecule has 0 saturated carbocycles. The Balaban J connectivity index is 1.78. The summed E-state index contributed by atoms with van der Waals surface area (Å²) in [5.74, 6) is 0.115. The van der Waals surface area contributed by atoms with E-state index < -0.39 is 17.7 Å². The van der Waals surface area contributed by atoms with Crippen LogP contribution in [0.15, 0.2) is 54.6 Å². The van der Waals surface area contributed by atoms with Crippen LogP contribution in [-0.2, 0) is 4.79 Å². The van der Waals surface area contributed by atoms with Gasteiger partial charge in [0.2, 0.25) is 5.91 Å². The fourth-order valence-electron chi connectivity index (χ4n) is 5.06. The molecule has 3 unspecified atom stereocenters. The SMILES string of the molecule is CCN(CC)C(=O)C1C2c3ccccc3OC1(C)N(C)c1sc(-c3ccccc3)c([O-])[n+]12. The minimum atomic E-state index is -0.913. The number of nitrogens with zero attached hydrogens (tertiary/aromatic N) is 3. The molecule has 3 atom stereocenters. The molecule has 1 aromatic heterocycles. The maximum absolute atomic E-state index is 13.8. The van der Waals surface area contributed by atoms with Gasteiger partial charge in [0.1, 0.15) is 11.8 Å². The average molecular weight is 450 g/mol. The van der Waals surface area contributed by atoms with E-state index in [1.54, 1.807) is 0 Å². The Morgan fingerprint density at radius 1 is 1.16 bits per heavy atom. The predicted octanol–water partition coefficient (Wildman–Crippen LogP) is 3.41. The summed E-state index contributed by atoms with van der Waals surface area (Å²) in [6.07, 6.45) is 0. The van der Waals surface area contributed by atoms with Crippen LogP contribution in [0.5, 0.6) is 11.6 Å². The number of para-hydroxylation sites is 1. The molecule has 166 valence electrons. The molecular formula is C25H27N3O3S.